The minimum Gasteiger partial charge on any atom is -0.392 e. The van der Waals surface area contributed by atoms with Crippen LogP contribution in [0, 0.1) is 0 Å². The van der Waals surface area contributed by atoms with E-state index in [9.17, 15) is 9.90 Å². The molecule has 2 aromatic rings. The molecule has 1 aliphatic carbocycles. The Balaban J connectivity index is 1.63. The summed E-state index contributed by atoms with van der Waals surface area (Å²) >= 11 is 0. The Hall–Kier alpha value is -2.34. The number of hydrogen-bond donors (Lipinski definition) is 3. The number of fused-ring (bicyclic) bond motifs is 1. The number of carbonyl (C=O) groups excluding carboxylic acids is 1. The molecule has 3 N–H and O–H groups in total. The number of aliphatic hydroxyl groups is 1. The first-order valence-corrected chi connectivity index (χ1v) is 9.45. The van der Waals surface area contributed by atoms with Crippen molar-refractivity contribution < 1.29 is 9.90 Å². The van der Waals surface area contributed by atoms with Crippen LogP contribution in [0.4, 0.5) is 5.95 Å². The molecule has 0 radical (unpaired) electrons. The van der Waals surface area contributed by atoms with Crippen LogP contribution in [0.5, 0.6) is 0 Å². The molecule has 0 saturated heterocycles. The molecule has 1 amide bonds. The smallest absolute Gasteiger partial charge is 0.240 e. The Labute approximate surface area is 154 Å². The van der Waals surface area contributed by atoms with Gasteiger partial charge in [0.1, 0.15) is 6.54 Å². The number of amides is 1. The summed E-state index contributed by atoms with van der Waals surface area (Å²) < 4.78 is 1.87. The SMILES string of the molecule is C[C@@H](O)CNc1nc2ccccc2n1CC(=O)NCCC1=CCCCC1. The van der Waals surface area contributed by atoms with Crippen molar-refractivity contribution in [3.05, 3.63) is 35.9 Å². The van der Waals surface area contributed by atoms with E-state index in [2.05, 4.69) is 21.7 Å². The number of anilines is 1. The molecular weight excluding hydrogens is 328 g/mol. The second-order valence-electron chi connectivity index (χ2n) is 6.95. The van der Waals surface area contributed by atoms with Crippen molar-refractivity contribution in [1.29, 1.82) is 0 Å². The fourth-order valence-corrected chi connectivity index (χ4v) is 3.30. The third-order valence-electron chi connectivity index (χ3n) is 4.67. The lowest BCUT2D eigenvalue weighted by Gasteiger charge is -2.14. The molecule has 26 heavy (non-hydrogen) atoms. The zero-order valence-electron chi connectivity index (χ0n) is 15.4. The number of allylic oxidation sites excluding steroid dienone is 1. The summed E-state index contributed by atoms with van der Waals surface area (Å²) in [6, 6.07) is 7.74. The Kier molecular flexibility index (Phi) is 6.28. The summed E-state index contributed by atoms with van der Waals surface area (Å²) in [5.41, 5.74) is 3.20. The van der Waals surface area contributed by atoms with Gasteiger partial charge in [-0.15, -0.1) is 0 Å². The molecule has 6 heteroatoms. The lowest BCUT2D eigenvalue weighted by Crippen LogP contribution is -2.29. The summed E-state index contributed by atoms with van der Waals surface area (Å²) in [5.74, 6) is 0.585. The number of para-hydroxylation sites is 2. The lowest BCUT2D eigenvalue weighted by molar-refractivity contribution is -0.121. The molecule has 1 aliphatic rings. The van der Waals surface area contributed by atoms with Gasteiger partial charge in [0.25, 0.3) is 0 Å². The van der Waals surface area contributed by atoms with E-state index in [0.717, 1.165) is 23.9 Å². The summed E-state index contributed by atoms with van der Waals surface area (Å²) in [7, 11) is 0. The molecule has 1 aromatic carbocycles. The molecule has 6 nitrogen and oxygen atoms in total. The number of rotatable bonds is 8. The van der Waals surface area contributed by atoms with Crippen molar-refractivity contribution in [2.24, 2.45) is 0 Å². The Morgan fingerprint density at radius 1 is 1.35 bits per heavy atom. The highest BCUT2D eigenvalue weighted by Crippen LogP contribution is 2.20. The summed E-state index contributed by atoms with van der Waals surface area (Å²) in [4.78, 5) is 17.0. The van der Waals surface area contributed by atoms with Crippen LogP contribution in [-0.4, -0.2) is 39.8 Å². The monoisotopic (exact) mass is 356 g/mol. The van der Waals surface area contributed by atoms with Crippen LogP contribution in [0.3, 0.4) is 0 Å². The van der Waals surface area contributed by atoms with Gasteiger partial charge in [-0.25, -0.2) is 4.98 Å². The molecule has 1 atom stereocenters. The first-order valence-electron chi connectivity index (χ1n) is 9.45. The fraction of sp³-hybridized carbons (Fsp3) is 0.500. The van der Waals surface area contributed by atoms with E-state index < -0.39 is 6.10 Å². The maximum Gasteiger partial charge on any atom is 0.240 e. The number of carbonyl (C=O) groups is 1. The minimum atomic E-state index is -0.485. The molecule has 3 rings (SSSR count). The van der Waals surface area contributed by atoms with Gasteiger partial charge in [0, 0.05) is 13.1 Å². The van der Waals surface area contributed by atoms with Crippen molar-refractivity contribution in [1.82, 2.24) is 14.9 Å². The van der Waals surface area contributed by atoms with Crippen molar-refractivity contribution in [3.8, 4) is 0 Å². The Bertz CT molecular complexity index is 779. The number of imidazole rings is 1. The largest absolute Gasteiger partial charge is 0.392 e. The summed E-state index contributed by atoms with van der Waals surface area (Å²) in [6.07, 6.45) is 7.64. The maximum absolute atomic E-state index is 12.4. The van der Waals surface area contributed by atoms with Crippen LogP contribution >= 0.6 is 0 Å². The number of aliphatic hydroxyl groups excluding tert-OH is 1. The third-order valence-corrected chi connectivity index (χ3v) is 4.67. The highest BCUT2D eigenvalue weighted by atomic mass is 16.3. The molecule has 0 fully saturated rings. The third kappa shape index (κ3) is 4.85. The van der Waals surface area contributed by atoms with Gasteiger partial charge in [0.2, 0.25) is 11.9 Å². The number of benzene rings is 1. The van der Waals surface area contributed by atoms with E-state index in [1.807, 2.05) is 28.8 Å². The van der Waals surface area contributed by atoms with E-state index >= 15 is 0 Å². The molecular formula is C20H28N4O2. The predicted molar refractivity (Wildman–Crippen MR) is 104 cm³/mol. The average Bonchev–Trinajstić information content (AvgIpc) is 2.98. The van der Waals surface area contributed by atoms with Gasteiger partial charge >= 0.3 is 0 Å². The van der Waals surface area contributed by atoms with Crippen LogP contribution in [0.15, 0.2) is 35.9 Å². The predicted octanol–water partition coefficient (Wildman–Crippen LogP) is 2.84. The molecule has 140 valence electrons. The van der Waals surface area contributed by atoms with Crippen LogP contribution in [0.25, 0.3) is 11.0 Å². The standard InChI is InChI=1S/C20H28N4O2/c1-15(25)13-22-20-23-17-9-5-6-10-18(17)24(20)14-19(26)21-12-11-16-7-3-2-4-8-16/h5-7,9-10,15,25H,2-4,8,11-14H2,1H3,(H,21,26)(H,22,23)/t15-/m1/s1. The first kappa shape index (κ1) is 18.5. The van der Waals surface area contributed by atoms with Gasteiger partial charge in [-0.05, 0) is 51.2 Å². The van der Waals surface area contributed by atoms with Gasteiger partial charge in [-0.1, -0.05) is 23.8 Å². The second-order valence-corrected chi connectivity index (χ2v) is 6.95. The number of nitrogens with zero attached hydrogens (tertiary/aromatic N) is 2. The van der Waals surface area contributed by atoms with E-state index in [4.69, 9.17) is 0 Å². The van der Waals surface area contributed by atoms with Gasteiger partial charge < -0.3 is 20.3 Å². The number of nitrogens with one attached hydrogen (secondary N) is 2. The highest BCUT2D eigenvalue weighted by Gasteiger charge is 2.14. The molecule has 1 heterocycles. The minimum absolute atomic E-state index is 0.0235. The normalized spacial score (nSPS) is 15.5. The second kappa shape index (κ2) is 8.85. The number of aromatic nitrogens is 2. The quantitative estimate of drug-likeness (QED) is 0.636. The fourth-order valence-electron chi connectivity index (χ4n) is 3.30. The highest BCUT2D eigenvalue weighted by molar-refractivity contribution is 5.83. The summed E-state index contributed by atoms with van der Waals surface area (Å²) in [6.45, 7) is 2.99. The van der Waals surface area contributed by atoms with Crippen LogP contribution in [-0.2, 0) is 11.3 Å². The molecule has 0 spiro atoms. The van der Waals surface area contributed by atoms with Gasteiger partial charge in [-0.2, -0.15) is 0 Å². The molecule has 0 unspecified atom stereocenters. The van der Waals surface area contributed by atoms with Crippen LogP contribution < -0.4 is 10.6 Å². The van der Waals surface area contributed by atoms with Gasteiger partial charge in [0.15, 0.2) is 0 Å². The molecule has 1 aromatic heterocycles. The van der Waals surface area contributed by atoms with Gasteiger partial charge in [-0.3, -0.25) is 4.79 Å². The molecule has 0 aliphatic heterocycles. The van der Waals surface area contributed by atoms with E-state index in [0.29, 0.717) is 19.0 Å². The zero-order valence-corrected chi connectivity index (χ0v) is 15.4. The van der Waals surface area contributed by atoms with Crippen molar-refractivity contribution in [2.75, 3.05) is 18.4 Å². The lowest BCUT2D eigenvalue weighted by atomic mass is 9.97. The zero-order chi connectivity index (χ0) is 18.4. The van der Waals surface area contributed by atoms with E-state index in [1.165, 1.54) is 24.8 Å². The van der Waals surface area contributed by atoms with Crippen LogP contribution in [0.1, 0.15) is 39.0 Å². The van der Waals surface area contributed by atoms with Crippen LogP contribution in [0.2, 0.25) is 0 Å². The van der Waals surface area contributed by atoms with Crippen molar-refractivity contribution >= 4 is 22.9 Å². The Morgan fingerprint density at radius 2 is 2.19 bits per heavy atom. The first-order chi connectivity index (χ1) is 12.6. The molecule has 0 saturated carbocycles. The van der Waals surface area contributed by atoms with Gasteiger partial charge in [0.05, 0.1) is 17.1 Å². The number of hydrogen-bond acceptors (Lipinski definition) is 4. The van der Waals surface area contributed by atoms with Crippen molar-refractivity contribution in [3.63, 3.8) is 0 Å². The van der Waals surface area contributed by atoms with E-state index in [1.54, 1.807) is 6.92 Å². The average molecular weight is 356 g/mol. The van der Waals surface area contributed by atoms with Crippen molar-refractivity contribution in [2.45, 2.75) is 51.7 Å². The molecule has 0 bridgehead atoms. The Morgan fingerprint density at radius 3 is 2.96 bits per heavy atom. The summed E-state index contributed by atoms with van der Waals surface area (Å²) in [5, 5.41) is 15.7. The topological polar surface area (TPSA) is 79.2 Å². The maximum atomic E-state index is 12.4. The van der Waals surface area contributed by atoms with E-state index in [-0.39, 0.29) is 12.5 Å².